The van der Waals surface area contributed by atoms with Crippen LogP contribution < -0.4 is 10.6 Å². The molecular formula is C21H20ClN3O2S2. The topological polar surface area (TPSA) is 71.1 Å². The second kappa shape index (κ2) is 10.4. The number of thiazole rings is 1. The highest BCUT2D eigenvalue weighted by atomic mass is 35.5. The van der Waals surface area contributed by atoms with Gasteiger partial charge in [0.2, 0.25) is 11.8 Å². The van der Waals surface area contributed by atoms with Crippen LogP contribution in [0.4, 0.5) is 10.8 Å². The van der Waals surface area contributed by atoms with E-state index in [-0.39, 0.29) is 17.6 Å². The number of hydrogen-bond acceptors (Lipinski definition) is 5. The number of rotatable bonds is 8. The summed E-state index contributed by atoms with van der Waals surface area (Å²) in [5, 5.41) is 8.82. The Bertz CT molecular complexity index is 990. The summed E-state index contributed by atoms with van der Waals surface area (Å²) in [5.74, 6) is 0.113. The number of carbonyl (C=O) groups is 2. The lowest BCUT2D eigenvalue weighted by Gasteiger charge is -2.07. The maximum atomic E-state index is 12.3. The number of thioether (sulfide) groups is 1. The first-order valence-electron chi connectivity index (χ1n) is 9.07. The van der Waals surface area contributed by atoms with Gasteiger partial charge in [0.05, 0.1) is 11.4 Å². The second-order valence-corrected chi connectivity index (χ2v) is 8.55. The van der Waals surface area contributed by atoms with Crippen LogP contribution in [0, 0.1) is 0 Å². The molecule has 0 atom stereocenters. The molecule has 29 heavy (non-hydrogen) atoms. The van der Waals surface area contributed by atoms with Crippen molar-refractivity contribution in [2.75, 3.05) is 16.4 Å². The van der Waals surface area contributed by atoms with Crippen LogP contribution in [-0.2, 0) is 9.59 Å². The Kier molecular flexibility index (Phi) is 7.69. The highest BCUT2D eigenvalue weighted by Gasteiger charge is 2.09. The Hall–Kier alpha value is -2.35. The summed E-state index contributed by atoms with van der Waals surface area (Å²) < 4.78 is 0. The van der Waals surface area contributed by atoms with E-state index in [1.54, 1.807) is 0 Å². The van der Waals surface area contributed by atoms with Crippen molar-refractivity contribution < 1.29 is 9.59 Å². The number of benzene rings is 2. The summed E-state index contributed by atoms with van der Waals surface area (Å²) in [5.41, 5.74) is 2.48. The monoisotopic (exact) mass is 445 g/mol. The molecule has 0 radical (unpaired) electrons. The SMILES string of the molecule is CCCC(=O)Nc1cccc(SCC(=O)Nc2nc(-c3ccc(Cl)cc3)cs2)c1. The predicted molar refractivity (Wildman–Crippen MR) is 122 cm³/mol. The van der Waals surface area contributed by atoms with Crippen LogP contribution in [0.25, 0.3) is 11.3 Å². The van der Waals surface area contributed by atoms with Gasteiger partial charge >= 0.3 is 0 Å². The van der Waals surface area contributed by atoms with Gasteiger partial charge in [-0.25, -0.2) is 4.98 Å². The highest BCUT2D eigenvalue weighted by molar-refractivity contribution is 8.00. The first-order valence-corrected chi connectivity index (χ1v) is 11.3. The lowest BCUT2D eigenvalue weighted by molar-refractivity contribution is -0.116. The summed E-state index contributed by atoms with van der Waals surface area (Å²) in [6.45, 7) is 1.96. The van der Waals surface area contributed by atoms with Gasteiger partial charge in [-0.05, 0) is 36.8 Å². The third-order valence-corrected chi connectivity index (χ3v) is 5.86. The van der Waals surface area contributed by atoms with Crippen molar-refractivity contribution in [3.8, 4) is 11.3 Å². The van der Waals surface area contributed by atoms with Crippen LogP contribution in [0.5, 0.6) is 0 Å². The van der Waals surface area contributed by atoms with E-state index in [4.69, 9.17) is 11.6 Å². The molecule has 8 heteroatoms. The zero-order valence-electron chi connectivity index (χ0n) is 15.8. The fourth-order valence-corrected chi connectivity index (χ4v) is 4.12. The number of carbonyl (C=O) groups excluding carboxylic acids is 2. The minimum atomic E-state index is -0.132. The van der Waals surface area contributed by atoms with E-state index in [0.717, 1.165) is 28.3 Å². The molecule has 0 aliphatic rings. The fourth-order valence-electron chi connectivity index (χ4n) is 2.50. The Morgan fingerprint density at radius 3 is 2.66 bits per heavy atom. The minimum absolute atomic E-state index is 0.00680. The molecule has 1 heterocycles. The van der Waals surface area contributed by atoms with E-state index < -0.39 is 0 Å². The van der Waals surface area contributed by atoms with Gasteiger partial charge in [0, 0.05) is 33.0 Å². The molecule has 0 spiro atoms. The molecule has 2 aromatic carbocycles. The van der Waals surface area contributed by atoms with Gasteiger partial charge in [0.25, 0.3) is 0 Å². The summed E-state index contributed by atoms with van der Waals surface area (Å²) in [4.78, 5) is 29.4. The second-order valence-electron chi connectivity index (χ2n) is 6.21. The number of anilines is 2. The van der Waals surface area contributed by atoms with Crippen molar-refractivity contribution in [2.24, 2.45) is 0 Å². The van der Waals surface area contributed by atoms with Gasteiger partial charge in [0.1, 0.15) is 0 Å². The molecule has 0 unspecified atom stereocenters. The Morgan fingerprint density at radius 1 is 1.10 bits per heavy atom. The Balaban J connectivity index is 1.53. The molecule has 0 bridgehead atoms. The maximum absolute atomic E-state index is 12.3. The number of aromatic nitrogens is 1. The van der Waals surface area contributed by atoms with E-state index in [1.165, 1.54) is 23.1 Å². The standard InChI is InChI=1S/C21H20ClN3O2S2/c1-2-4-19(26)23-16-5-3-6-17(11-16)28-13-20(27)25-21-24-18(12-29-21)14-7-9-15(22)10-8-14/h3,5-12H,2,4,13H2,1H3,(H,23,26)(H,24,25,27). The van der Waals surface area contributed by atoms with Crippen molar-refractivity contribution in [1.82, 2.24) is 4.98 Å². The zero-order chi connectivity index (χ0) is 20.6. The number of halogens is 1. The molecule has 0 aliphatic heterocycles. The lowest BCUT2D eigenvalue weighted by Crippen LogP contribution is -2.14. The van der Waals surface area contributed by atoms with Gasteiger partial charge in [-0.2, -0.15) is 0 Å². The van der Waals surface area contributed by atoms with Crippen LogP contribution in [0.15, 0.2) is 58.8 Å². The first-order chi connectivity index (χ1) is 14.0. The molecule has 3 aromatic rings. The number of hydrogen-bond donors (Lipinski definition) is 2. The quantitative estimate of drug-likeness (QED) is 0.421. The van der Waals surface area contributed by atoms with E-state index in [9.17, 15) is 9.59 Å². The number of nitrogens with one attached hydrogen (secondary N) is 2. The van der Waals surface area contributed by atoms with Gasteiger partial charge in [-0.1, -0.05) is 36.7 Å². The van der Waals surface area contributed by atoms with Crippen molar-refractivity contribution in [1.29, 1.82) is 0 Å². The molecular weight excluding hydrogens is 426 g/mol. The van der Waals surface area contributed by atoms with Gasteiger partial charge in [-0.15, -0.1) is 23.1 Å². The average molecular weight is 446 g/mol. The van der Waals surface area contributed by atoms with E-state index >= 15 is 0 Å². The summed E-state index contributed by atoms with van der Waals surface area (Å²) in [6.07, 6.45) is 1.29. The molecule has 1 aromatic heterocycles. The molecule has 3 rings (SSSR count). The van der Waals surface area contributed by atoms with Crippen LogP contribution in [0.3, 0.4) is 0 Å². The summed E-state index contributed by atoms with van der Waals surface area (Å²) >= 11 is 8.69. The lowest BCUT2D eigenvalue weighted by atomic mass is 10.2. The largest absolute Gasteiger partial charge is 0.326 e. The van der Waals surface area contributed by atoms with Crippen molar-refractivity contribution >= 4 is 57.3 Å². The van der Waals surface area contributed by atoms with Crippen LogP contribution in [-0.4, -0.2) is 22.6 Å². The van der Waals surface area contributed by atoms with Gasteiger partial charge in [0.15, 0.2) is 5.13 Å². The molecule has 2 N–H and O–H groups in total. The van der Waals surface area contributed by atoms with Crippen LogP contribution >= 0.6 is 34.7 Å². The number of nitrogens with zero attached hydrogens (tertiary/aromatic N) is 1. The first kappa shape index (κ1) is 21.4. The van der Waals surface area contributed by atoms with Crippen molar-refractivity contribution in [2.45, 2.75) is 24.7 Å². The predicted octanol–water partition coefficient (Wildman–Crippen LogP) is 5.93. The maximum Gasteiger partial charge on any atom is 0.236 e. The summed E-state index contributed by atoms with van der Waals surface area (Å²) in [7, 11) is 0. The molecule has 150 valence electrons. The molecule has 0 saturated heterocycles. The molecule has 0 saturated carbocycles. The van der Waals surface area contributed by atoms with E-state index in [0.29, 0.717) is 16.6 Å². The highest BCUT2D eigenvalue weighted by Crippen LogP contribution is 2.27. The third kappa shape index (κ3) is 6.59. The van der Waals surface area contributed by atoms with Crippen LogP contribution in [0.2, 0.25) is 5.02 Å². The average Bonchev–Trinajstić information content (AvgIpc) is 3.16. The van der Waals surface area contributed by atoms with Crippen molar-refractivity contribution in [3.63, 3.8) is 0 Å². The summed E-state index contributed by atoms with van der Waals surface area (Å²) in [6, 6.07) is 14.9. The molecule has 0 aliphatic carbocycles. The fraction of sp³-hybridized carbons (Fsp3) is 0.190. The smallest absolute Gasteiger partial charge is 0.236 e. The van der Waals surface area contributed by atoms with E-state index in [1.807, 2.05) is 60.8 Å². The molecule has 2 amide bonds. The third-order valence-electron chi connectivity index (χ3n) is 3.86. The van der Waals surface area contributed by atoms with E-state index in [2.05, 4.69) is 15.6 Å². The van der Waals surface area contributed by atoms with Crippen LogP contribution in [0.1, 0.15) is 19.8 Å². The minimum Gasteiger partial charge on any atom is -0.326 e. The van der Waals surface area contributed by atoms with Gasteiger partial charge < -0.3 is 10.6 Å². The van der Waals surface area contributed by atoms with Gasteiger partial charge in [-0.3, -0.25) is 9.59 Å². The Labute approximate surface area is 182 Å². The zero-order valence-corrected chi connectivity index (χ0v) is 18.2. The normalized spacial score (nSPS) is 10.6. The Morgan fingerprint density at radius 2 is 1.90 bits per heavy atom. The molecule has 5 nitrogen and oxygen atoms in total. The molecule has 0 fully saturated rings. The van der Waals surface area contributed by atoms with Crippen molar-refractivity contribution in [3.05, 3.63) is 58.9 Å². The number of amides is 2.